The second-order valence-electron chi connectivity index (χ2n) is 4.47. The maximum Gasteiger partial charge on any atom is 0.119 e. The first-order valence-electron chi connectivity index (χ1n) is 7.46. The lowest BCUT2D eigenvalue weighted by molar-refractivity contribution is -0.107. The van der Waals surface area contributed by atoms with Gasteiger partial charge in [-0.15, -0.1) is 0 Å². The van der Waals surface area contributed by atoms with Crippen LogP contribution in [0.2, 0.25) is 0 Å². The first-order valence-corrected chi connectivity index (χ1v) is 7.46. The normalized spacial score (nSPS) is 11.3. The third-order valence-electron chi connectivity index (χ3n) is 2.72. The predicted octanol–water partition coefficient (Wildman–Crippen LogP) is 3.09. The highest BCUT2D eigenvalue weighted by molar-refractivity contribution is 5.48. The number of rotatable bonds is 16. The summed E-state index contributed by atoms with van der Waals surface area (Å²) in [7, 11) is 0. The molecule has 0 aromatic rings. The second kappa shape index (κ2) is 16.8. The number of hydrogen-bond donors (Lipinski definition) is 0. The SMILES string of the molecule is C=C/C=C(\C=C)COCCOCCOCCCCCC=O. The number of carbonyl (C=O) groups is 1. The van der Waals surface area contributed by atoms with E-state index in [0.717, 1.165) is 37.7 Å². The van der Waals surface area contributed by atoms with Crippen molar-refractivity contribution in [2.45, 2.75) is 25.7 Å². The van der Waals surface area contributed by atoms with Gasteiger partial charge in [-0.1, -0.05) is 37.8 Å². The third kappa shape index (κ3) is 15.0. The molecule has 4 nitrogen and oxygen atoms in total. The van der Waals surface area contributed by atoms with Crippen molar-refractivity contribution in [1.29, 1.82) is 0 Å². The first kappa shape index (κ1) is 19.8. The van der Waals surface area contributed by atoms with E-state index in [1.54, 1.807) is 12.2 Å². The monoisotopic (exact) mass is 296 g/mol. The summed E-state index contributed by atoms with van der Waals surface area (Å²) >= 11 is 0. The fourth-order valence-corrected chi connectivity index (χ4v) is 1.56. The molecule has 0 unspecified atom stereocenters. The number of unbranched alkanes of at least 4 members (excludes halogenated alkanes) is 3. The van der Waals surface area contributed by atoms with Gasteiger partial charge in [0.25, 0.3) is 0 Å². The van der Waals surface area contributed by atoms with E-state index in [1.807, 2.05) is 6.08 Å². The highest BCUT2D eigenvalue weighted by Crippen LogP contribution is 1.98. The topological polar surface area (TPSA) is 44.8 Å². The van der Waals surface area contributed by atoms with E-state index in [2.05, 4.69) is 13.2 Å². The van der Waals surface area contributed by atoms with Crippen LogP contribution < -0.4 is 0 Å². The first-order chi connectivity index (χ1) is 10.3. The predicted molar refractivity (Wildman–Crippen MR) is 85.5 cm³/mol. The number of aldehydes is 1. The Kier molecular flexibility index (Phi) is 15.8. The summed E-state index contributed by atoms with van der Waals surface area (Å²) in [6.45, 7) is 10.9. The maximum atomic E-state index is 10.1. The van der Waals surface area contributed by atoms with Crippen LogP contribution in [0, 0.1) is 0 Å². The quantitative estimate of drug-likeness (QED) is 0.249. The molecular formula is C17H28O4. The fraction of sp³-hybridized carbons (Fsp3) is 0.588. The Morgan fingerprint density at radius 3 is 2.14 bits per heavy atom. The zero-order valence-electron chi connectivity index (χ0n) is 12.9. The van der Waals surface area contributed by atoms with Crippen LogP contribution in [0.25, 0.3) is 0 Å². The van der Waals surface area contributed by atoms with Gasteiger partial charge in [0, 0.05) is 13.0 Å². The van der Waals surface area contributed by atoms with Crippen molar-refractivity contribution in [2.75, 3.05) is 39.6 Å². The molecule has 0 amide bonds. The van der Waals surface area contributed by atoms with E-state index in [9.17, 15) is 4.79 Å². The number of carbonyl (C=O) groups excluding carboxylic acids is 1. The van der Waals surface area contributed by atoms with Crippen molar-refractivity contribution in [3.63, 3.8) is 0 Å². The van der Waals surface area contributed by atoms with Gasteiger partial charge in [0.05, 0.1) is 33.0 Å². The number of hydrogen-bond acceptors (Lipinski definition) is 4. The Bertz CT molecular complexity index is 297. The Morgan fingerprint density at radius 2 is 1.52 bits per heavy atom. The lowest BCUT2D eigenvalue weighted by Crippen LogP contribution is -2.10. The van der Waals surface area contributed by atoms with Crippen LogP contribution in [0.15, 0.2) is 37.0 Å². The standard InChI is InChI=1S/C17H28O4/c1-3-9-17(4-2)16-21-15-14-20-13-12-19-11-8-6-5-7-10-18/h3-4,9-10H,1-2,5-8,11-16H2/b17-9+. The molecular weight excluding hydrogens is 268 g/mol. The average molecular weight is 296 g/mol. The van der Waals surface area contributed by atoms with Crippen molar-refractivity contribution in [1.82, 2.24) is 0 Å². The molecule has 0 aromatic heterocycles. The van der Waals surface area contributed by atoms with Gasteiger partial charge in [0.15, 0.2) is 0 Å². The number of ether oxygens (including phenoxy) is 3. The Morgan fingerprint density at radius 1 is 0.857 bits per heavy atom. The van der Waals surface area contributed by atoms with Crippen molar-refractivity contribution in [2.24, 2.45) is 0 Å². The van der Waals surface area contributed by atoms with E-state index in [-0.39, 0.29) is 0 Å². The fourth-order valence-electron chi connectivity index (χ4n) is 1.56. The molecule has 0 aromatic carbocycles. The highest BCUT2D eigenvalue weighted by Gasteiger charge is 1.94. The molecule has 120 valence electrons. The van der Waals surface area contributed by atoms with Crippen molar-refractivity contribution >= 4 is 6.29 Å². The van der Waals surface area contributed by atoms with Crippen LogP contribution in [0.3, 0.4) is 0 Å². The van der Waals surface area contributed by atoms with Crippen LogP contribution in [-0.4, -0.2) is 45.9 Å². The van der Waals surface area contributed by atoms with Crippen molar-refractivity contribution < 1.29 is 19.0 Å². The Hall–Kier alpha value is -1.23. The van der Waals surface area contributed by atoms with Gasteiger partial charge in [0.1, 0.15) is 6.29 Å². The molecule has 0 rings (SSSR count). The summed E-state index contributed by atoms with van der Waals surface area (Å²) in [4.78, 5) is 10.1. The largest absolute Gasteiger partial charge is 0.379 e. The highest BCUT2D eigenvalue weighted by atomic mass is 16.5. The lowest BCUT2D eigenvalue weighted by atomic mass is 10.2. The van der Waals surface area contributed by atoms with Crippen LogP contribution in [0.5, 0.6) is 0 Å². The molecule has 0 atom stereocenters. The molecule has 0 aliphatic rings. The third-order valence-corrected chi connectivity index (χ3v) is 2.72. The molecule has 0 N–H and O–H groups in total. The molecule has 0 heterocycles. The average Bonchev–Trinajstić information content (AvgIpc) is 2.50. The second-order valence-corrected chi connectivity index (χ2v) is 4.47. The van der Waals surface area contributed by atoms with E-state index in [0.29, 0.717) is 39.5 Å². The summed E-state index contributed by atoms with van der Waals surface area (Å²) in [5, 5.41) is 0. The molecule has 0 saturated carbocycles. The van der Waals surface area contributed by atoms with E-state index >= 15 is 0 Å². The van der Waals surface area contributed by atoms with Crippen LogP contribution in [0.4, 0.5) is 0 Å². The molecule has 0 saturated heterocycles. The minimum atomic E-state index is 0.524. The van der Waals surface area contributed by atoms with Gasteiger partial charge in [-0.2, -0.15) is 0 Å². The molecule has 21 heavy (non-hydrogen) atoms. The Labute approximate surface area is 128 Å². The summed E-state index contributed by atoms with van der Waals surface area (Å²) in [6, 6.07) is 0. The van der Waals surface area contributed by atoms with Crippen molar-refractivity contribution in [3.05, 3.63) is 37.0 Å². The molecule has 0 aliphatic carbocycles. The van der Waals surface area contributed by atoms with Crippen molar-refractivity contribution in [3.8, 4) is 0 Å². The number of allylic oxidation sites excluding steroid dienone is 2. The summed E-state index contributed by atoms with van der Waals surface area (Å²) in [6.07, 6.45) is 9.94. The van der Waals surface area contributed by atoms with E-state index in [1.165, 1.54) is 0 Å². The van der Waals surface area contributed by atoms with Crippen LogP contribution >= 0.6 is 0 Å². The summed E-state index contributed by atoms with van der Waals surface area (Å²) in [5.74, 6) is 0. The van der Waals surface area contributed by atoms with Gasteiger partial charge in [-0.05, 0) is 18.4 Å². The van der Waals surface area contributed by atoms with E-state index in [4.69, 9.17) is 14.2 Å². The van der Waals surface area contributed by atoms with Gasteiger partial charge in [-0.3, -0.25) is 0 Å². The summed E-state index contributed by atoms with van der Waals surface area (Å²) in [5.41, 5.74) is 1.00. The van der Waals surface area contributed by atoms with Gasteiger partial charge < -0.3 is 19.0 Å². The smallest absolute Gasteiger partial charge is 0.119 e. The summed E-state index contributed by atoms with van der Waals surface area (Å²) < 4.78 is 16.3. The minimum Gasteiger partial charge on any atom is -0.379 e. The minimum absolute atomic E-state index is 0.524. The lowest BCUT2D eigenvalue weighted by Gasteiger charge is -2.07. The zero-order chi connectivity index (χ0) is 15.6. The molecule has 0 aliphatic heterocycles. The molecule has 0 radical (unpaired) electrons. The molecule has 4 heteroatoms. The Balaban J connectivity index is 3.18. The van der Waals surface area contributed by atoms with Gasteiger partial charge in [-0.25, -0.2) is 0 Å². The maximum absolute atomic E-state index is 10.1. The molecule has 0 bridgehead atoms. The van der Waals surface area contributed by atoms with Crippen LogP contribution in [-0.2, 0) is 19.0 Å². The van der Waals surface area contributed by atoms with Gasteiger partial charge >= 0.3 is 0 Å². The molecule has 0 fully saturated rings. The zero-order valence-corrected chi connectivity index (χ0v) is 12.9. The van der Waals surface area contributed by atoms with E-state index < -0.39 is 0 Å². The van der Waals surface area contributed by atoms with Crippen LogP contribution in [0.1, 0.15) is 25.7 Å². The van der Waals surface area contributed by atoms with Gasteiger partial charge in [0.2, 0.25) is 0 Å². The molecule has 0 spiro atoms.